The molecule has 6 unspecified atom stereocenters. The Bertz CT molecular complexity index is 862. The molecule has 4 nitrogen and oxygen atoms in total. The third kappa shape index (κ3) is 4.86. The maximum absolute atomic E-state index is 13.3. The van der Waals surface area contributed by atoms with Crippen LogP contribution in [0, 0.1) is 30.1 Å². The number of rotatable bonds is 7. The second-order valence-electron chi connectivity index (χ2n) is 10.4. The fourth-order valence-electron chi connectivity index (χ4n) is 5.82. The van der Waals surface area contributed by atoms with Crippen LogP contribution in [0.3, 0.4) is 0 Å². The van der Waals surface area contributed by atoms with Crippen LogP contribution in [0.15, 0.2) is 18.2 Å². The largest absolute Gasteiger partial charge is 0.351 e. The monoisotopic (exact) mass is 480 g/mol. The van der Waals surface area contributed by atoms with E-state index in [0.29, 0.717) is 17.8 Å². The molecule has 3 fully saturated rings. The second kappa shape index (κ2) is 8.97. The van der Waals surface area contributed by atoms with Crippen molar-refractivity contribution in [2.45, 2.75) is 70.9 Å². The van der Waals surface area contributed by atoms with Gasteiger partial charge < -0.3 is 10.1 Å². The minimum atomic E-state index is -0.512. The van der Waals surface area contributed by atoms with E-state index in [1.807, 2.05) is 12.1 Å². The zero-order valence-corrected chi connectivity index (χ0v) is 21.4. The van der Waals surface area contributed by atoms with E-state index in [1.54, 1.807) is 11.6 Å². The Labute approximate surface area is 196 Å². The third-order valence-electron chi connectivity index (χ3n) is 7.67. The summed E-state index contributed by atoms with van der Waals surface area (Å²) in [5.74, 6) is 1.62. The van der Waals surface area contributed by atoms with Gasteiger partial charge in [-0.1, -0.05) is 37.6 Å². The number of carbonyl (C=O) groups excluding carboxylic acids is 2. The van der Waals surface area contributed by atoms with E-state index in [-0.39, 0.29) is 17.4 Å². The van der Waals surface area contributed by atoms with Gasteiger partial charge in [0.05, 0.1) is 0 Å². The van der Waals surface area contributed by atoms with Crippen molar-refractivity contribution in [3.05, 3.63) is 28.8 Å². The van der Waals surface area contributed by atoms with Crippen molar-refractivity contribution < 1.29 is 9.59 Å². The number of nitrogens with one attached hydrogen (secondary N) is 2. The number of hydrogen-bond acceptors (Lipinski definition) is 4. The SMILES string of the molecule is Cc1c(Cl)cccc1P(C)SNC1(C(=O)NC2C(C)CC3CC2CC(C)(C=O)C3)CC1. The molecule has 0 heterocycles. The summed E-state index contributed by atoms with van der Waals surface area (Å²) in [6.45, 7) is 8.63. The molecule has 1 amide bonds. The predicted molar refractivity (Wildman–Crippen MR) is 132 cm³/mol. The van der Waals surface area contributed by atoms with Crippen molar-refractivity contribution in [2.24, 2.45) is 23.2 Å². The number of benzene rings is 1. The molecule has 3 aliphatic rings. The predicted octanol–water partition coefficient (Wildman–Crippen LogP) is 5.22. The maximum Gasteiger partial charge on any atom is 0.241 e. The molecule has 3 aliphatic carbocycles. The summed E-state index contributed by atoms with van der Waals surface area (Å²) in [5, 5.41) is 5.49. The Kier molecular flexibility index (Phi) is 6.81. The molecule has 0 radical (unpaired) electrons. The minimum absolute atomic E-state index is 0.139. The Morgan fingerprint density at radius 1 is 1.29 bits per heavy atom. The van der Waals surface area contributed by atoms with Gasteiger partial charge in [-0.05, 0) is 105 Å². The van der Waals surface area contributed by atoms with E-state index < -0.39 is 12.7 Å². The normalized spacial score (nSPS) is 34.6. The van der Waals surface area contributed by atoms with Crippen LogP contribution in [0.1, 0.15) is 57.9 Å². The average Bonchev–Trinajstić information content (AvgIpc) is 3.52. The Morgan fingerprint density at radius 2 is 2.03 bits per heavy atom. The molecule has 0 aliphatic heterocycles. The Balaban J connectivity index is 1.39. The molecular weight excluding hydrogens is 447 g/mol. The first-order valence-corrected chi connectivity index (χ1v) is 15.0. The lowest BCUT2D eigenvalue weighted by Gasteiger charge is -2.49. The standard InChI is InChI=1S/C24H34ClN2O2PS/c1-15-10-17-11-18(13-23(3,12-17)14-28)21(15)26-22(29)24(8-9-24)27-31-30(4)20-7-5-6-19(25)16(20)2/h5-7,14-15,17-18,21,27H,8-13H2,1-4H3,(H,26,29). The summed E-state index contributed by atoms with van der Waals surface area (Å²) in [4.78, 5) is 25.0. The van der Waals surface area contributed by atoms with E-state index in [0.717, 1.165) is 55.4 Å². The topological polar surface area (TPSA) is 58.2 Å². The van der Waals surface area contributed by atoms with E-state index in [1.165, 1.54) is 5.30 Å². The van der Waals surface area contributed by atoms with Crippen LogP contribution >= 0.6 is 30.3 Å². The van der Waals surface area contributed by atoms with Crippen molar-refractivity contribution in [3.63, 3.8) is 0 Å². The molecule has 0 spiro atoms. The summed E-state index contributed by atoms with van der Waals surface area (Å²) in [6.07, 6.45) is 7.06. The molecule has 2 N–H and O–H groups in total. The highest BCUT2D eigenvalue weighted by atomic mass is 35.5. The molecule has 1 aromatic rings. The van der Waals surface area contributed by atoms with Crippen LogP contribution in [0.4, 0.5) is 0 Å². The number of aldehydes is 1. The Morgan fingerprint density at radius 3 is 2.71 bits per heavy atom. The van der Waals surface area contributed by atoms with Crippen LogP contribution in [0.25, 0.3) is 0 Å². The van der Waals surface area contributed by atoms with Gasteiger partial charge in [0, 0.05) is 16.5 Å². The molecule has 4 rings (SSSR count). The molecule has 2 bridgehead atoms. The van der Waals surface area contributed by atoms with Gasteiger partial charge in [-0.2, -0.15) is 0 Å². The van der Waals surface area contributed by atoms with Gasteiger partial charge in [-0.3, -0.25) is 4.79 Å². The van der Waals surface area contributed by atoms with Crippen LogP contribution in [0.2, 0.25) is 5.02 Å². The highest BCUT2D eigenvalue weighted by Crippen LogP contribution is 2.51. The van der Waals surface area contributed by atoms with Crippen LogP contribution in [0.5, 0.6) is 0 Å². The number of carbonyl (C=O) groups is 2. The smallest absolute Gasteiger partial charge is 0.241 e. The summed E-state index contributed by atoms with van der Waals surface area (Å²) in [5.41, 5.74) is 0.449. The molecular formula is C24H34ClN2O2PS. The van der Waals surface area contributed by atoms with E-state index in [2.05, 4.69) is 43.5 Å². The quantitative estimate of drug-likeness (QED) is 0.319. The van der Waals surface area contributed by atoms with Gasteiger partial charge in [-0.25, -0.2) is 4.72 Å². The molecule has 170 valence electrons. The van der Waals surface area contributed by atoms with Crippen LogP contribution in [-0.2, 0) is 9.59 Å². The summed E-state index contributed by atoms with van der Waals surface area (Å²) >= 11 is 7.98. The first-order valence-electron chi connectivity index (χ1n) is 11.4. The lowest BCUT2D eigenvalue weighted by Crippen LogP contribution is -2.56. The lowest BCUT2D eigenvalue weighted by atomic mass is 9.58. The molecule has 1 aromatic carbocycles. The minimum Gasteiger partial charge on any atom is -0.351 e. The molecule has 0 saturated heterocycles. The van der Waals surface area contributed by atoms with Crippen molar-refractivity contribution in [2.75, 3.05) is 6.66 Å². The zero-order valence-electron chi connectivity index (χ0n) is 18.9. The molecule has 0 aromatic heterocycles. The van der Waals surface area contributed by atoms with Crippen molar-refractivity contribution >= 4 is 47.8 Å². The highest BCUT2D eigenvalue weighted by molar-refractivity contribution is 8.56. The second-order valence-corrected chi connectivity index (χ2v) is 14.9. The molecule has 31 heavy (non-hydrogen) atoms. The summed E-state index contributed by atoms with van der Waals surface area (Å²) < 4.78 is 3.54. The third-order valence-corrected chi connectivity index (χ3v) is 11.7. The average molecular weight is 481 g/mol. The molecule has 7 heteroatoms. The van der Waals surface area contributed by atoms with Crippen molar-refractivity contribution in [1.82, 2.24) is 10.0 Å². The van der Waals surface area contributed by atoms with E-state index in [9.17, 15) is 9.59 Å². The van der Waals surface area contributed by atoms with Gasteiger partial charge in [0.25, 0.3) is 0 Å². The first kappa shape index (κ1) is 23.5. The van der Waals surface area contributed by atoms with Gasteiger partial charge in [-0.15, -0.1) is 0 Å². The first-order chi connectivity index (χ1) is 14.7. The van der Waals surface area contributed by atoms with Crippen molar-refractivity contribution in [3.8, 4) is 0 Å². The van der Waals surface area contributed by atoms with E-state index >= 15 is 0 Å². The highest BCUT2D eigenvalue weighted by Gasteiger charge is 2.53. The summed E-state index contributed by atoms with van der Waals surface area (Å²) in [7, 11) is -0.512. The van der Waals surface area contributed by atoms with Crippen molar-refractivity contribution in [1.29, 1.82) is 0 Å². The van der Waals surface area contributed by atoms with E-state index in [4.69, 9.17) is 11.6 Å². The maximum atomic E-state index is 13.3. The number of fused-ring (bicyclic) bond motifs is 2. The fraction of sp³-hybridized carbons (Fsp3) is 0.667. The fourth-order valence-corrected chi connectivity index (χ4v) is 9.47. The Hall–Kier alpha value is -0.610. The molecule has 6 atom stereocenters. The van der Waals surface area contributed by atoms with Gasteiger partial charge in [0.1, 0.15) is 11.8 Å². The van der Waals surface area contributed by atoms with Crippen LogP contribution in [-0.4, -0.2) is 30.4 Å². The van der Waals surface area contributed by atoms with Crippen LogP contribution < -0.4 is 15.3 Å². The molecule has 3 saturated carbocycles. The summed E-state index contributed by atoms with van der Waals surface area (Å²) in [6, 6.07) is 6.23. The number of amides is 1. The van der Waals surface area contributed by atoms with Gasteiger partial charge >= 0.3 is 0 Å². The zero-order chi connectivity index (χ0) is 22.4. The number of halogens is 1. The lowest BCUT2D eigenvalue weighted by molar-refractivity contribution is -0.127. The van der Waals surface area contributed by atoms with Gasteiger partial charge in [0.15, 0.2) is 0 Å². The van der Waals surface area contributed by atoms with Gasteiger partial charge in [0.2, 0.25) is 5.91 Å². The number of hydrogen-bond donors (Lipinski definition) is 2.